The first kappa shape index (κ1) is 14.4. The van der Waals surface area contributed by atoms with E-state index in [4.69, 9.17) is 11.6 Å². The van der Waals surface area contributed by atoms with Crippen molar-refractivity contribution in [1.29, 1.82) is 0 Å². The second-order valence-corrected chi connectivity index (χ2v) is 5.95. The summed E-state index contributed by atoms with van der Waals surface area (Å²) < 4.78 is 0. The highest BCUT2D eigenvalue weighted by atomic mass is 35.5. The van der Waals surface area contributed by atoms with Crippen LogP contribution in [0.25, 0.3) is 0 Å². The largest absolute Gasteiger partial charge is 0.350 e. The van der Waals surface area contributed by atoms with E-state index in [2.05, 4.69) is 24.3 Å². The third-order valence-electron chi connectivity index (χ3n) is 4.17. The molecule has 0 spiro atoms. The van der Waals surface area contributed by atoms with E-state index in [0.717, 1.165) is 12.8 Å². The molecule has 0 aromatic heterocycles. The van der Waals surface area contributed by atoms with E-state index >= 15 is 0 Å². The molecule has 1 aliphatic rings. The molecule has 4 heteroatoms. The topological polar surface area (TPSA) is 32.3 Å². The van der Waals surface area contributed by atoms with Gasteiger partial charge in [0.1, 0.15) is 0 Å². The maximum absolute atomic E-state index is 12.1. The molecule has 2 rings (SSSR count). The van der Waals surface area contributed by atoms with Crippen molar-refractivity contribution in [3.05, 3.63) is 34.9 Å². The molecule has 0 bridgehead atoms. The van der Waals surface area contributed by atoms with Crippen LogP contribution in [0.4, 0.5) is 0 Å². The van der Waals surface area contributed by atoms with Gasteiger partial charge in [-0.05, 0) is 51.2 Å². The molecular weight excluding hydrogens is 260 g/mol. The van der Waals surface area contributed by atoms with Gasteiger partial charge in [-0.3, -0.25) is 4.79 Å². The highest BCUT2D eigenvalue weighted by molar-refractivity contribution is 6.30. The molecule has 0 saturated heterocycles. The van der Waals surface area contributed by atoms with Crippen LogP contribution >= 0.6 is 11.6 Å². The van der Waals surface area contributed by atoms with Gasteiger partial charge < -0.3 is 10.2 Å². The second kappa shape index (κ2) is 5.93. The number of hydrogen-bond donors (Lipinski definition) is 1. The van der Waals surface area contributed by atoms with Crippen molar-refractivity contribution >= 4 is 17.5 Å². The fraction of sp³-hybridized carbons (Fsp3) is 0.533. The summed E-state index contributed by atoms with van der Waals surface area (Å²) in [5.41, 5.74) is 0.790. The van der Waals surface area contributed by atoms with Gasteiger partial charge >= 0.3 is 0 Å². The molecule has 19 heavy (non-hydrogen) atoms. The van der Waals surface area contributed by atoms with E-state index in [1.54, 1.807) is 24.3 Å². The number of halogens is 1. The third-order valence-corrected chi connectivity index (χ3v) is 4.42. The van der Waals surface area contributed by atoms with Gasteiger partial charge in [-0.2, -0.15) is 0 Å². The average Bonchev–Trinajstić information content (AvgIpc) is 2.87. The lowest BCUT2D eigenvalue weighted by atomic mass is 9.96. The lowest BCUT2D eigenvalue weighted by molar-refractivity contribution is 0.0900. The summed E-state index contributed by atoms with van der Waals surface area (Å²) in [5, 5.41) is 3.71. The molecule has 0 unspecified atom stereocenters. The molecule has 1 aromatic carbocycles. The van der Waals surface area contributed by atoms with E-state index in [1.807, 2.05) is 0 Å². The second-order valence-electron chi connectivity index (χ2n) is 5.52. The van der Waals surface area contributed by atoms with Crippen molar-refractivity contribution in [3.8, 4) is 0 Å². The molecular formula is C15H21ClN2O. The Morgan fingerprint density at radius 1 is 1.26 bits per heavy atom. The van der Waals surface area contributed by atoms with Gasteiger partial charge in [-0.25, -0.2) is 0 Å². The molecule has 1 N–H and O–H groups in total. The molecule has 1 aliphatic carbocycles. The summed E-state index contributed by atoms with van der Waals surface area (Å²) >= 11 is 5.82. The zero-order valence-corrected chi connectivity index (χ0v) is 12.3. The molecule has 0 heterocycles. The predicted octanol–water partition coefficient (Wildman–Crippen LogP) is 2.94. The molecule has 3 nitrogen and oxygen atoms in total. The van der Waals surface area contributed by atoms with Gasteiger partial charge in [0.2, 0.25) is 0 Å². The minimum atomic E-state index is -0.0233. The van der Waals surface area contributed by atoms with E-state index in [-0.39, 0.29) is 11.4 Å². The monoisotopic (exact) mass is 280 g/mol. The molecule has 0 atom stereocenters. The van der Waals surface area contributed by atoms with Crippen LogP contribution in [-0.4, -0.2) is 37.0 Å². The Morgan fingerprint density at radius 3 is 2.37 bits per heavy atom. The molecule has 0 aliphatic heterocycles. The van der Waals surface area contributed by atoms with Crippen LogP contribution in [0.5, 0.6) is 0 Å². The summed E-state index contributed by atoms with van der Waals surface area (Å²) in [4.78, 5) is 14.4. The van der Waals surface area contributed by atoms with Crippen molar-refractivity contribution in [3.63, 3.8) is 0 Å². The van der Waals surface area contributed by atoms with Crippen LogP contribution in [0.1, 0.15) is 36.0 Å². The van der Waals surface area contributed by atoms with Gasteiger partial charge in [0.25, 0.3) is 5.91 Å². The minimum absolute atomic E-state index is 0.0233. The SMILES string of the molecule is CN(C)C1(CNC(=O)c2ccc(Cl)cc2)CCCC1. The summed E-state index contributed by atoms with van der Waals surface area (Å²) in [5.74, 6) is -0.0233. The smallest absolute Gasteiger partial charge is 0.251 e. The zero-order chi connectivity index (χ0) is 13.9. The number of carbonyl (C=O) groups excluding carboxylic acids is 1. The van der Waals surface area contributed by atoms with Crippen LogP contribution in [-0.2, 0) is 0 Å². The van der Waals surface area contributed by atoms with Crippen LogP contribution in [0.2, 0.25) is 5.02 Å². The van der Waals surface area contributed by atoms with Crippen LogP contribution < -0.4 is 5.32 Å². The highest BCUT2D eigenvalue weighted by Crippen LogP contribution is 2.33. The summed E-state index contributed by atoms with van der Waals surface area (Å²) in [6, 6.07) is 7.00. The summed E-state index contributed by atoms with van der Waals surface area (Å²) in [7, 11) is 4.19. The van der Waals surface area contributed by atoms with Crippen molar-refractivity contribution in [2.75, 3.05) is 20.6 Å². The molecule has 0 radical (unpaired) electrons. The molecule has 104 valence electrons. The fourth-order valence-electron chi connectivity index (χ4n) is 2.76. The van der Waals surface area contributed by atoms with E-state index in [0.29, 0.717) is 17.1 Å². The van der Waals surface area contributed by atoms with E-state index in [9.17, 15) is 4.79 Å². The maximum Gasteiger partial charge on any atom is 0.251 e. The predicted molar refractivity (Wildman–Crippen MR) is 78.7 cm³/mol. The van der Waals surface area contributed by atoms with Gasteiger partial charge in [0, 0.05) is 22.7 Å². The molecule has 1 fully saturated rings. The van der Waals surface area contributed by atoms with Crippen LogP contribution in [0.15, 0.2) is 24.3 Å². The maximum atomic E-state index is 12.1. The number of benzene rings is 1. The first-order chi connectivity index (χ1) is 9.03. The summed E-state index contributed by atoms with van der Waals surface area (Å²) in [6.45, 7) is 0.710. The molecule has 1 amide bonds. The first-order valence-electron chi connectivity index (χ1n) is 6.75. The number of nitrogens with zero attached hydrogens (tertiary/aromatic N) is 1. The Bertz CT molecular complexity index is 436. The fourth-order valence-corrected chi connectivity index (χ4v) is 2.89. The number of nitrogens with one attached hydrogen (secondary N) is 1. The van der Waals surface area contributed by atoms with Crippen LogP contribution in [0, 0.1) is 0 Å². The lowest BCUT2D eigenvalue weighted by Gasteiger charge is -2.36. The first-order valence-corrected chi connectivity index (χ1v) is 7.12. The Hall–Kier alpha value is -1.06. The number of rotatable bonds is 4. The van der Waals surface area contributed by atoms with Crippen molar-refractivity contribution in [2.24, 2.45) is 0 Å². The number of amides is 1. The van der Waals surface area contributed by atoms with Crippen molar-refractivity contribution < 1.29 is 4.79 Å². The normalized spacial score (nSPS) is 17.7. The van der Waals surface area contributed by atoms with Crippen molar-refractivity contribution in [2.45, 2.75) is 31.2 Å². The Morgan fingerprint density at radius 2 is 1.84 bits per heavy atom. The average molecular weight is 281 g/mol. The third kappa shape index (κ3) is 3.28. The van der Waals surface area contributed by atoms with Crippen molar-refractivity contribution in [1.82, 2.24) is 10.2 Å². The lowest BCUT2D eigenvalue weighted by Crippen LogP contribution is -2.50. The van der Waals surface area contributed by atoms with E-state index < -0.39 is 0 Å². The number of hydrogen-bond acceptors (Lipinski definition) is 2. The van der Waals surface area contributed by atoms with Gasteiger partial charge in [-0.15, -0.1) is 0 Å². The zero-order valence-electron chi connectivity index (χ0n) is 11.6. The molecule has 1 saturated carbocycles. The Kier molecular flexibility index (Phi) is 4.48. The minimum Gasteiger partial charge on any atom is -0.350 e. The van der Waals surface area contributed by atoms with Gasteiger partial charge in [-0.1, -0.05) is 24.4 Å². The van der Waals surface area contributed by atoms with E-state index in [1.165, 1.54) is 12.8 Å². The Labute approximate surface area is 119 Å². The number of carbonyl (C=O) groups is 1. The quantitative estimate of drug-likeness (QED) is 0.920. The van der Waals surface area contributed by atoms with Gasteiger partial charge in [0.05, 0.1) is 0 Å². The summed E-state index contributed by atoms with van der Waals surface area (Å²) in [6.07, 6.45) is 4.80. The number of likely N-dealkylation sites (N-methyl/N-ethyl adjacent to an activating group) is 1. The van der Waals surface area contributed by atoms with Crippen LogP contribution in [0.3, 0.4) is 0 Å². The standard InChI is InChI=1S/C15H21ClN2O/c1-18(2)15(9-3-4-10-15)11-17-14(19)12-5-7-13(16)8-6-12/h5-8H,3-4,9-11H2,1-2H3,(H,17,19). The highest BCUT2D eigenvalue weighted by Gasteiger charge is 2.36. The molecule has 1 aromatic rings. The van der Waals surface area contributed by atoms with Gasteiger partial charge in [0.15, 0.2) is 0 Å². The Balaban J connectivity index is 1.97.